The SMILES string of the molecule is O=C(O)C(O)[C@H]1OCCN(c2cccc(OC(F)(F)F)c2)C1=O. The summed E-state index contributed by atoms with van der Waals surface area (Å²) < 4.78 is 45.4. The predicted molar refractivity (Wildman–Crippen MR) is 68.9 cm³/mol. The third-order valence-corrected chi connectivity index (χ3v) is 3.02. The number of nitrogens with zero attached hydrogens (tertiary/aromatic N) is 1. The number of halogens is 3. The first-order valence-corrected chi connectivity index (χ1v) is 6.39. The maximum atomic E-state index is 12.2. The number of carbonyl (C=O) groups excluding carboxylic acids is 1. The summed E-state index contributed by atoms with van der Waals surface area (Å²) in [4.78, 5) is 24.0. The number of rotatable bonds is 4. The molecule has 0 saturated carbocycles. The highest BCUT2D eigenvalue weighted by molar-refractivity contribution is 6.00. The molecule has 0 spiro atoms. The van der Waals surface area contributed by atoms with E-state index in [9.17, 15) is 27.9 Å². The van der Waals surface area contributed by atoms with Crippen molar-refractivity contribution in [1.29, 1.82) is 0 Å². The van der Waals surface area contributed by atoms with Crippen LogP contribution in [0.25, 0.3) is 0 Å². The van der Waals surface area contributed by atoms with Crippen LogP contribution in [0.15, 0.2) is 24.3 Å². The summed E-state index contributed by atoms with van der Waals surface area (Å²) >= 11 is 0. The zero-order chi connectivity index (χ0) is 17.2. The fraction of sp³-hybridized carbons (Fsp3) is 0.385. The molecule has 0 bridgehead atoms. The van der Waals surface area contributed by atoms with E-state index >= 15 is 0 Å². The molecule has 1 aliphatic heterocycles. The molecule has 2 N–H and O–H groups in total. The van der Waals surface area contributed by atoms with Crippen LogP contribution in [-0.4, -0.2) is 53.8 Å². The van der Waals surface area contributed by atoms with Crippen molar-refractivity contribution in [2.24, 2.45) is 0 Å². The fourth-order valence-electron chi connectivity index (χ4n) is 2.07. The van der Waals surface area contributed by atoms with Crippen LogP contribution in [0.3, 0.4) is 0 Å². The molecule has 2 atom stereocenters. The van der Waals surface area contributed by atoms with Gasteiger partial charge in [-0.3, -0.25) is 4.79 Å². The Labute approximate surface area is 127 Å². The number of morpholine rings is 1. The molecule has 126 valence electrons. The lowest BCUT2D eigenvalue weighted by Crippen LogP contribution is -2.54. The van der Waals surface area contributed by atoms with E-state index in [0.29, 0.717) is 0 Å². The molecule has 1 unspecified atom stereocenters. The number of ether oxygens (including phenoxy) is 2. The molecule has 1 aromatic rings. The maximum Gasteiger partial charge on any atom is 0.573 e. The lowest BCUT2D eigenvalue weighted by molar-refractivity contribution is -0.274. The minimum Gasteiger partial charge on any atom is -0.479 e. The maximum absolute atomic E-state index is 12.2. The molecule has 23 heavy (non-hydrogen) atoms. The molecular weight excluding hydrogens is 323 g/mol. The van der Waals surface area contributed by atoms with E-state index in [1.807, 2.05) is 0 Å². The van der Waals surface area contributed by atoms with Gasteiger partial charge < -0.3 is 24.6 Å². The minimum absolute atomic E-state index is 0.00283. The highest BCUT2D eigenvalue weighted by Gasteiger charge is 2.39. The van der Waals surface area contributed by atoms with E-state index in [1.54, 1.807) is 0 Å². The number of alkyl halides is 3. The molecule has 2 rings (SSSR count). The number of aliphatic hydroxyl groups excluding tert-OH is 1. The number of hydrogen-bond acceptors (Lipinski definition) is 5. The Balaban J connectivity index is 2.22. The molecule has 1 saturated heterocycles. The average molecular weight is 335 g/mol. The van der Waals surface area contributed by atoms with Gasteiger partial charge in [-0.25, -0.2) is 4.79 Å². The van der Waals surface area contributed by atoms with Crippen LogP contribution in [0, 0.1) is 0 Å². The fourth-order valence-corrected chi connectivity index (χ4v) is 2.07. The van der Waals surface area contributed by atoms with Crippen molar-refractivity contribution >= 4 is 17.6 Å². The molecular formula is C13H12F3NO6. The zero-order valence-electron chi connectivity index (χ0n) is 11.5. The van der Waals surface area contributed by atoms with Crippen LogP contribution in [0.4, 0.5) is 18.9 Å². The molecule has 1 aliphatic rings. The smallest absolute Gasteiger partial charge is 0.479 e. The van der Waals surface area contributed by atoms with Crippen molar-refractivity contribution in [3.05, 3.63) is 24.3 Å². The van der Waals surface area contributed by atoms with Gasteiger partial charge >= 0.3 is 12.3 Å². The van der Waals surface area contributed by atoms with Gasteiger partial charge in [0.15, 0.2) is 12.2 Å². The number of aliphatic hydroxyl groups is 1. The number of anilines is 1. The average Bonchev–Trinajstić information content (AvgIpc) is 2.45. The Hall–Kier alpha value is -2.33. The molecule has 0 aliphatic carbocycles. The summed E-state index contributed by atoms with van der Waals surface area (Å²) in [5, 5.41) is 18.2. The molecule has 0 radical (unpaired) electrons. The molecule has 1 aromatic carbocycles. The Kier molecular flexibility index (Phi) is 4.76. The summed E-state index contributed by atoms with van der Waals surface area (Å²) in [6.45, 7) is -0.0811. The van der Waals surface area contributed by atoms with Crippen LogP contribution >= 0.6 is 0 Å². The quantitative estimate of drug-likeness (QED) is 0.843. The van der Waals surface area contributed by atoms with Crippen molar-refractivity contribution < 1.29 is 42.4 Å². The second-order valence-electron chi connectivity index (χ2n) is 4.61. The minimum atomic E-state index is -4.88. The number of benzene rings is 1. The second kappa shape index (κ2) is 6.42. The highest BCUT2D eigenvalue weighted by atomic mass is 19.4. The lowest BCUT2D eigenvalue weighted by Gasteiger charge is -2.33. The predicted octanol–water partition coefficient (Wildman–Crippen LogP) is 0.762. The number of aliphatic carboxylic acids is 1. The summed E-state index contributed by atoms with van der Waals surface area (Å²) in [5.74, 6) is -3.03. The van der Waals surface area contributed by atoms with Crippen molar-refractivity contribution in [1.82, 2.24) is 0 Å². The monoisotopic (exact) mass is 335 g/mol. The third kappa shape index (κ3) is 4.11. The van der Waals surface area contributed by atoms with Crippen molar-refractivity contribution in [3.8, 4) is 5.75 Å². The van der Waals surface area contributed by atoms with Gasteiger partial charge in [-0.2, -0.15) is 0 Å². The zero-order valence-corrected chi connectivity index (χ0v) is 11.5. The largest absolute Gasteiger partial charge is 0.573 e. The van der Waals surface area contributed by atoms with Crippen molar-refractivity contribution in [3.63, 3.8) is 0 Å². The third-order valence-electron chi connectivity index (χ3n) is 3.02. The van der Waals surface area contributed by atoms with Gasteiger partial charge in [-0.1, -0.05) is 6.07 Å². The van der Waals surface area contributed by atoms with Crippen LogP contribution in [0.1, 0.15) is 0 Å². The van der Waals surface area contributed by atoms with Gasteiger partial charge in [-0.15, -0.1) is 13.2 Å². The Bertz CT molecular complexity index is 606. The standard InChI is InChI=1S/C13H12F3NO6/c14-13(15,16)23-8-3-1-2-7(6-8)17-4-5-22-10(11(17)19)9(18)12(20)21/h1-3,6,9-10,18H,4-5H2,(H,20,21)/t9?,10-/m1/s1. The van der Waals surface area contributed by atoms with Crippen molar-refractivity contribution in [2.75, 3.05) is 18.1 Å². The molecule has 7 nitrogen and oxygen atoms in total. The lowest BCUT2D eigenvalue weighted by atomic mass is 10.1. The van der Waals surface area contributed by atoms with E-state index in [-0.39, 0.29) is 18.8 Å². The van der Waals surface area contributed by atoms with Gasteiger partial charge in [0, 0.05) is 18.3 Å². The first-order chi connectivity index (χ1) is 10.7. The summed E-state index contributed by atoms with van der Waals surface area (Å²) in [7, 11) is 0. The first kappa shape index (κ1) is 17.0. The molecule has 1 fully saturated rings. The van der Waals surface area contributed by atoms with Gasteiger partial charge in [0.1, 0.15) is 5.75 Å². The number of amides is 1. The summed E-state index contributed by atoms with van der Waals surface area (Å²) in [5.41, 5.74) is 0.0719. The van der Waals surface area contributed by atoms with Crippen LogP contribution in [0.2, 0.25) is 0 Å². The van der Waals surface area contributed by atoms with Crippen LogP contribution in [-0.2, 0) is 14.3 Å². The van der Waals surface area contributed by atoms with Crippen molar-refractivity contribution in [2.45, 2.75) is 18.6 Å². The molecule has 10 heteroatoms. The number of carbonyl (C=O) groups is 2. The second-order valence-corrected chi connectivity index (χ2v) is 4.61. The normalized spacial score (nSPS) is 20.3. The van der Waals surface area contributed by atoms with Crippen LogP contribution < -0.4 is 9.64 Å². The summed E-state index contributed by atoms with van der Waals surface area (Å²) in [6, 6.07) is 4.66. The Morgan fingerprint density at radius 2 is 2.13 bits per heavy atom. The van der Waals surface area contributed by atoms with Gasteiger partial charge in [0.25, 0.3) is 5.91 Å². The van der Waals surface area contributed by atoms with E-state index in [0.717, 1.165) is 17.0 Å². The first-order valence-electron chi connectivity index (χ1n) is 6.39. The molecule has 0 aromatic heterocycles. The van der Waals surface area contributed by atoms with Gasteiger partial charge in [0.2, 0.25) is 0 Å². The Morgan fingerprint density at radius 1 is 1.43 bits per heavy atom. The van der Waals surface area contributed by atoms with E-state index < -0.39 is 36.2 Å². The molecule has 1 amide bonds. The van der Waals surface area contributed by atoms with Crippen LogP contribution in [0.5, 0.6) is 5.75 Å². The van der Waals surface area contributed by atoms with E-state index in [2.05, 4.69) is 4.74 Å². The molecule has 1 heterocycles. The van der Waals surface area contributed by atoms with Gasteiger partial charge in [-0.05, 0) is 12.1 Å². The number of carboxylic acid groups (broad SMARTS) is 1. The number of carboxylic acids is 1. The van der Waals surface area contributed by atoms with Gasteiger partial charge in [0.05, 0.1) is 6.61 Å². The highest BCUT2D eigenvalue weighted by Crippen LogP contribution is 2.28. The summed E-state index contributed by atoms with van der Waals surface area (Å²) in [6.07, 6.45) is -8.58. The topological polar surface area (TPSA) is 96.3 Å². The Morgan fingerprint density at radius 3 is 2.74 bits per heavy atom. The number of hydrogen-bond donors (Lipinski definition) is 2. The van der Waals surface area contributed by atoms with E-state index in [1.165, 1.54) is 12.1 Å². The van der Waals surface area contributed by atoms with E-state index in [4.69, 9.17) is 9.84 Å².